The molecule has 0 amide bonds. The lowest BCUT2D eigenvalue weighted by molar-refractivity contribution is 0.530. The Morgan fingerprint density at radius 1 is 1.30 bits per heavy atom. The third-order valence-corrected chi connectivity index (χ3v) is 3.61. The normalized spacial score (nSPS) is 17.1. The average Bonchev–Trinajstić information content (AvgIpc) is 2.68. The van der Waals surface area contributed by atoms with Crippen molar-refractivity contribution in [2.75, 3.05) is 6.54 Å². The Kier molecular flexibility index (Phi) is 8.57. The van der Waals surface area contributed by atoms with Crippen molar-refractivity contribution in [1.29, 1.82) is 0 Å². The topological polar surface area (TPSA) is 63.3 Å². The van der Waals surface area contributed by atoms with E-state index in [0.717, 1.165) is 13.0 Å². The summed E-state index contributed by atoms with van der Waals surface area (Å²) in [6.45, 7) is 0.719. The quantitative estimate of drug-likeness (QED) is 0.361. The largest absolute Gasteiger partial charge is 0.370 e. The van der Waals surface area contributed by atoms with Gasteiger partial charge in [-0.05, 0) is 30.9 Å². The first-order valence-electron chi connectivity index (χ1n) is 7.30. The van der Waals surface area contributed by atoms with Gasteiger partial charge in [-0.3, -0.25) is 9.98 Å². The summed E-state index contributed by atoms with van der Waals surface area (Å²) in [7, 11) is 0. The van der Waals surface area contributed by atoms with Gasteiger partial charge in [-0.25, -0.2) is 0 Å². The van der Waals surface area contributed by atoms with Crippen molar-refractivity contribution in [3.63, 3.8) is 0 Å². The number of halogens is 1. The van der Waals surface area contributed by atoms with Crippen LogP contribution in [0.15, 0.2) is 29.5 Å². The highest BCUT2D eigenvalue weighted by Gasteiger charge is 2.11. The molecule has 20 heavy (non-hydrogen) atoms. The van der Waals surface area contributed by atoms with Gasteiger partial charge in [0.15, 0.2) is 5.96 Å². The third-order valence-electron chi connectivity index (χ3n) is 3.61. The molecule has 1 heterocycles. The van der Waals surface area contributed by atoms with Gasteiger partial charge in [0.1, 0.15) is 0 Å². The summed E-state index contributed by atoms with van der Waals surface area (Å²) >= 11 is 0. The zero-order chi connectivity index (χ0) is 13.3. The molecule has 0 radical (unpaired) electrons. The molecule has 0 aliphatic heterocycles. The Bertz CT molecular complexity index is 386. The van der Waals surface area contributed by atoms with E-state index < -0.39 is 0 Å². The van der Waals surface area contributed by atoms with Crippen LogP contribution in [0.5, 0.6) is 0 Å². The molecule has 1 aromatic rings. The van der Waals surface area contributed by atoms with E-state index in [9.17, 15) is 0 Å². The number of guanidine groups is 1. The predicted octanol–water partition coefficient (Wildman–Crippen LogP) is 2.87. The van der Waals surface area contributed by atoms with Crippen molar-refractivity contribution in [3.05, 3.63) is 30.1 Å². The summed E-state index contributed by atoms with van der Waals surface area (Å²) in [5, 5.41) is 3.36. The number of hydrogen-bond acceptors (Lipinski definition) is 2. The maximum absolute atomic E-state index is 5.94. The summed E-state index contributed by atoms with van der Waals surface area (Å²) in [5.74, 6) is 0.593. The lowest BCUT2D eigenvalue weighted by atomic mass is 10.1. The standard InChI is InChI=1S/C15H24N4.HI/c16-15(19-14-7-3-1-2-4-8-14)18-11-9-13-6-5-10-17-12-13;/h5-6,10,12,14H,1-4,7-9,11H2,(H3,16,18,19);1H. The van der Waals surface area contributed by atoms with Crippen LogP contribution in [0.2, 0.25) is 0 Å². The van der Waals surface area contributed by atoms with Gasteiger partial charge in [0.2, 0.25) is 0 Å². The second-order valence-electron chi connectivity index (χ2n) is 5.21. The molecule has 0 bridgehead atoms. The molecule has 1 aliphatic rings. The van der Waals surface area contributed by atoms with Gasteiger partial charge < -0.3 is 11.1 Å². The summed E-state index contributed by atoms with van der Waals surface area (Å²) in [6.07, 6.45) is 12.3. The molecule has 1 aromatic heterocycles. The van der Waals surface area contributed by atoms with Gasteiger partial charge in [0, 0.05) is 25.0 Å². The number of aliphatic imine (C=N–C) groups is 1. The SMILES string of the molecule is I.NC(=NCCc1cccnc1)NC1CCCCCC1. The molecule has 0 spiro atoms. The zero-order valence-electron chi connectivity index (χ0n) is 11.9. The maximum Gasteiger partial charge on any atom is 0.188 e. The van der Waals surface area contributed by atoms with Crippen molar-refractivity contribution in [2.45, 2.75) is 51.0 Å². The number of nitrogens with two attached hydrogens (primary N) is 1. The first-order valence-corrected chi connectivity index (χ1v) is 7.30. The van der Waals surface area contributed by atoms with E-state index in [0.29, 0.717) is 12.0 Å². The van der Waals surface area contributed by atoms with Crippen LogP contribution >= 0.6 is 24.0 Å². The molecule has 0 aromatic carbocycles. The predicted molar refractivity (Wildman–Crippen MR) is 94.5 cm³/mol. The molecule has 0 saturated heterocycles. The molecular formula is C15H25IN4. The Hall–Kier alpha value is -0.850. The van der Waals surface area contributed by atoms with Crippen LogP contribution < -0.4 is 11.1 Å². The fourth-order valence-corrected chi connectivity index (χ4v) is 2.53. The van der Waals surface area contributed by atoms with Crippen molar-refractivity contribution < 1.29 is 0 Å². The van der Waals surface area contributed by atoms with Crippen LogP contribution in [0.3, 0.4) is 0 Å². The molecule has 1 fully saturated rings. The highest BCUT2D eigenvalue weighted by molar-refractivity contribution is 14.0. The Morgan fingerprint density at radius 3 is 2.70 bits per heavy atom. The van der Waals surface area contributed by atoms with Crippen LogP contribution in [-0.4, -0.2) is 23.5 Å². The summed E-state index contributed by atoms with van der Waals surface area (Å²) in [4.78, 5) is 8.49. The smallest absolute Gasteiger partial charge is 0.188 e. The lowest BCUT2D eigenvalue weighted by Gasteiger charge is -2.16. The van der Waals surface area contributed by atoms with Crippen molar-refractivity contribution in [2.24, 2.45) is 10.7 Å². The molecule has 0 unspecified atom stereocenters. The van der Waals surface area contributed by atoms with Gasteiger partial charge in [0.05, 0.1) is 0 Å². The number of nitrogens with zero attached hydrogens (tertiary/aromatic N) is 2. The van der Waals surface area contributed by atoms with E-state index in [-0.39, 0.29) is 24.0 Å². The number of pyridine rings is 1. The van der Waals surface area contributed by atoms with Crippen LogP contribution in [0.1, 0.15) is 44.1 Å². The molecule has 0 atom stereocenters. The summed E-state index contributed by atoms with van der Waals surface area (Å²) < 4.78 is 0. The molecular weight excluding hydrogens is 363 g/mol. The molecule has 112 valence electrons. The van der Waals surface area contributed by atoms with Gasteiger partial charge in [-0.2, -0.15) is 0 Å². The van der Waals surface area contributed by atoms with Crippen LogP contribution in [0.4, 0.5) is 0 Å². The van der Waals surface area contributed by atoms with E-state index in [4.69, 9.17) is 5.73 Å². The van der Waals surface area contributed by atoms with Gasteiger partial charge in [0.25, 0.3) is 0 Å². The van der Waals surface area contributed by atoms with E-state index >= 15 is 0 Å². The second kappa shape index (κ2) is 9.96. The average molecular weight is 388 g/mol. The van der Waals surface area contributed by atoms with Gasteiger partial charge in [-0.15, -0.1) is 24.0 Å². The minimum absolute atomic E-state index is 0. The van der Waals surface area contributed by atoms with Crippen LogP contribution in [-0.2, 0) is 6.42 Å². The van der Waals surface area contributed by atoms with E-state index in [1.165, 1.54) is 44.1 Å². The molecule has 1 aliphatic carbocycles. The molecule has 4 nitrogen and oxygen atoms in total. The third kappa shape index (κ3) is 6.54. The number of nitrogens with one attached hydrogen (secondary N) is 1. The fourth-order valence-electron chi connectivity index (χ4n) is 2.53. The van der Waals surface area contributed by atoms with Crippen molar-refractivity contribution in [3.8, 4) is 0 Å². The lowest BCUT2D eigenvalue weighted by Crippen LogP contribution is -2.40. The highest BCUT2D eigenvalue weighted by atomic mass is 127. The molecule has 2 rings (SSSR count). The number of rotatable bonds is 4. The fraction of sp³-hybridized carbons (Fsp3) is 0.600. The maximum atomic E-state index is 5.94. The number of aromatic nitrogens is 1. The van der Waals surface area contributed by atoms with Crippen molar-refractivity contribution in [1.82, 2.24) is 10.3 Å². The van der Waals surface area contributed by atoms with Gasteiger partial charge >= 0.3 is 0 Å². The molecule has 1 saturated carbocycles. The van der Waals surface area contributed by atoms with Gasteiger partial charge in [-0.1, -0.05) is 31.7 Å². The molecule has 5 heteroatoms. The van der Waals surface area contributed by atoms with Crippen LogP contribution in [0, 0.1) is 0 Å². The summed E-state index contributed by atoms with van der Waals surface area (Å²) in [6, 6.07) is 4.54. The van der Waals surface area contributed by atoms with E-state index in [1.807, 2.05) is 12.3 Å². The minimum atomic E-state index is 0. The Labute approximate surface area is 138 Å². The zero-order valence-corrected chi connectivity index (χ0v) is 14.3. The van der Waals surface area contributed by atoms with Crippen molar-refractivity contribution >= 4 is 29.9 Å². The Morgan fingerprint density at radius 2 is 2.05 bits per heavy atom. The van der Waals surface area contributed by atoms with E-state index in [1.54, 1.807) is 6.20 Å². The highest BCUT2D eigenvalue weighted by Crippen LogP contribution is 2.16. The molecule has 3 N–H and O–H groups in total. The van der Waals surface area contributed by atoms with Crippen LogP contribution in [0.25, 0.3) is 0 Å². The second-order valence-corrected chi connectivity index (χ2v) is 5.21. The Balaban J connectivity index is 0.00000200. The number of hydrogen-bond donors (Lipinski definition) is 2. The first kappa shape index (κ1) is 17.2. The summed E-state index contributed by atoms with van der Waals surface area (Å²) in [5.41, 5.74) is 7.15. The van der Waals surface area contributed by atoms with E-state index in [2.05, 4.69) is 21.4 Å². The minimum Gasteiger partial charge on any atom is -0.370 e. The monoisotopic (exact) mass is 388 g/mol. The first-order chi connectivity index (χ1) is 9.34.